The first-order chi connectivity index (χ1) is 9.08. The maximum atomic E-state index is 12.3. The Kier molecular flexibility index (Phi) is 4.17. The molecule has 1 aromatic heterocycles. The molecule has 0 radical (unpaired) electrons. The number of rotatable bonds is 3. The van der Waals surface area contributed by atoms with Gasteiger partial charge < -0.3 is 4.90 Å². The van der Waals surface area contributed by atoms with E-state index in [9.17, 15) is 4.79 Å². The van der Waals surface area contributed by atoms with Crippen LogP contribution in [0.15, 0.2) is 42.6 Å². The van der Waals surface area contributed by atoms with Crippen molar-refractivity contribution >= 4 is 17.5 Å². The summed E-state index contributed by atoms with van der Waals surface area (Å²) in [5.41, 5.74) is 2.87. The third-order valence-corrected chi connectivity index (χ3v) is 3.20. The lowest BCUT2D eigenvalue weighted by atomic mass is 10.1. The van der Waals surface area contributed by atoms with Crippen LogP contribution in [0.2, 0.25) is 5.15 Å². The van der Waals surface area contributed by atoms with Crippen molar-refractivity contribution < 1.29 is 4.79 Å². The summed E-state index contributed by atoms with van der Waals surface area (Å²) in [6.07, 6.45) is 1.54. The van der Waals surface area contributed by atoms with E-state index in [0.717, 1.165) is 5.56 Å². The predicted molar refractivity (Wildman–Crippen MR) is 76.2 cm³/mol. The first kappa shape index (κ1) is 13.6. The molecule has 1 amide bonds. The van der Waals surface area contributed by atoms with Gasteiger partial charge in [0.2, 0.25) is 0 Å². The summed E-state index contributed by atoms with van der Waals surface area (Å²) in [5.74, 6) is -0.0625. The van der Waals surface area contributed by atoms with Crippen molar-refractivity contribution in [3.05, 3.63) is 64.4 Å². The maximum absolute atomic E-state index is 12.3. The Balaban J connectivity index is 2.14. The van der Waals surface area contributed by atoms with Gasteiger partial charge in [-0.05, 0) is 30.2 Å². The molecule has 0 fully saturated rings. The molecule has 0 saturated heterocycles. The largest absolute Gasteiger partial charge is 0.337 e. The second-order valence-electron chi connectivity index (χ2n) is 4.45. The summed E-state index contributed by atoms with van der Waals surface area (Å²) in [6.45, 7) is 2.61. The molecule has 0 aliphatic rings. The van der Waals surface area contributed by atoms with Gasteiger partial charge in [-0.25, -0.2) is 4.98 Å². The number of pyridine rings is 1. The first-order valence-electron chi connectivity index (χ1n) is 5.99. The van der Waals surface area contributed by atoms with Crippen molar-refractivity contribution in [2.24, 2.45) is 0 Å². The molecule has 0 unspecified atom stereocenters. The molecule has 0 aliphatic heterocycles. The van der Waals surface area contributed by atoms with Crippen LogP contribution in [0.1, 0.15) is 21.5 Å². The van der Waals surface area contributed by atoms with Crippen LogP contribution in [0.4, 0.5) is 0 Å². The number of benzene rings is 1. The fourth-order valence-electron chi connectivity index (χ4n) is 1.87. The molecule has 98 valence electrons. The van der Waals surface area contributed by atoms with Crippen LogP contribution in [-0.4, -0.2) is 22.8 Å². The maximum Gasteiger partial charge on any atom is 0.254 e. The molecule has 4 heteroatoms. The second kappa shape index (κ2) is 5.85. The van der Waals surface area contributed by atoms with E-state index in [1.54, 1.807) is 24.1 Å². The van der Waals surface area contributed by atoms with Crippen LogP contribution in [0.3, 0.4) is 0 Å². The van der Waals surface area contributed by atoms with Crippen LogP contribution in [0, 0.1) is 6.92 Å². The zero-order valence-corrected chi connectivity index (χ0v) is 11.7. The molecular weight excluding hydrogens is 260 g/mol. The quantitative estimate of drug-likeness (QED) is 0.805. The van der Waals surface area contributed by atoms with E-state index < -0.39 is 0 Å². The van der Waals surface area contributed by atoms with Gasteiger partial charge in [0.25, 0.3) is 5.91 Å². The normalized spacial score (nSPS) is 10.3. The molecule has 1 heterocycles. The predicted octanol–water partition coefficient (Wildman–Crippen LogP) is 3.32. The molecule has 0 atom stereocenters. The van der Waals surface area contributed by atoms with Gasteiger partial charge >= 0.3 is 0 Å². The van der Waals surface area contributed by atoms with Gasteiger partial charge in [0.1, 0.15) is 5.15 Å². The minimum Gasteiger partial charge on any atom is -0.337 e. The van der Waals surface area contributed by atoms with E-state index in [2.05, 4.69) is 4.98 Å². The van der Waals surface area contributed by atoms with Crippen molar-refractivity contribution in [2.75, 3.05) is 7.05 Å². The van der Waals surface area contributed by atoms with E-state index in [1.165, 1.54) is 11.8 Å². The number of halogens is 1. The highest BCUT2D eigenvalue weighted by atomic mass is 35.5. The number of hydrogen-bond donors (Lipinski definition) is 0. The highest BCUT2D eigenvalue weighted by molar-refractivity contribution is 6.29. The van der Waals surface area contributed by atoms with Gasteiger partial charge in [0.15, 0.2) is 0 Å². The van der Waals surface area contributed by atoms with Gasteiger partial charge in [-0.1, -0.05) is 35.9 Å². The average Bonchev–Trinajstić information content (AvgIpc) is 2.40. The van der Waals surface area contributed by atoms with Gasteiger partial charge in [-0.2, -0.15) is 0 Å². The smallest absolute Gasteiger partial charge is 0.254 e. The lowest BCUT2D eigenvalue weighted by Crippen LogP contribution is -2.26. The van der Waals surface area contributed by atoms with Gasteiger partial charge in [0, 0.05) is 25.4 Å². The van der Waals surface area contributed by atoms with E-state index in [-0.39, 0.29) is 5.91 Å². The van der Waals surface area contributed by atoms with Crippen LogP contribution in [0.5, 0.6) is 0 Å². The Bertz CT molecular complexity index is 598. The fourth-order valence-corrected chi connectivity index (χ4v) is 2.04. The number of aromatic nitrogens is 1. The Morgan fingerprint density at radius 1 is 1.32 bits per heavy atom. The SMILES string of the molecule is Cc1ccccc1CN(C)C(=O)c1ccnc(Cl)c1. The van der Waals surface area contributed by atoms with E-state index in [0.29, 0.717) is 17.3 Å². The number of nitrogens with zero attached hydrogens (tertiary/aromatic N) is 2. The lowest BCUT2D eigenvalue weighted by molar-refractivity contribution is 0.0785. The highest BCUT2D eigenvalue weighted by Gasteiger charge is 2.13. The zero-order valence-electron chi connectivity index (χ0n) is 10.9. The first-order valence-corrected chi connectivity index (χ1v) is 6.37. The Morgan fingerprint density at radius 2 is 2.05 bits per heavy atom. The number of carbonyl (C=O) groups is 1. The van der Waals surface area contributed by atoms with E-state index in [1.807, 2.05) is 31.2 Å². The molecule has 0 bridgehead atoms. The highest BCUT2D eigenvalue weighted by Crippen LogP contribution is 2.13. The minimum absolute atomic E-state index is 0.0625. The van der Waals surface area contributed by atoms with Crippen molar-refractivity contribution in [1.29, 1.82) is 0 Å². The Hall–Kier alpha value is -1.87. The standard InChI is InChI=1S/C15H15ClN2O/c1-11-5-3-4-6-13(11)10-18(2)15(19)12-7-8-17-14(16)9-12/h3-9H,10H2,1-2H3. The summed E-state index contributed by atoms with van der Waals surface area (Å²) in [4.78, 5) is 17.8. The van der Waals surface area contributed by atoms with Gasteiger partial charge in [-0.3, -0.25) is 4.79 Å². The molecule has 3 nitrogen and oxygen atoms in total. The Labute approximate surface area is 117 Å². The fraction of sp³-hybridized carbons (Fsp3) is 0.200. The molecular formula is C15H15ClN2O. The third-order valence-electron chi connectivity index (χ3n) is 2.99. The number of amides is 1. The van der Waals surface area contributed by atoms with Gasteiger partial charge in [-0.15, -0.1) is 0 Å². The monoisotopic (exact) mass is 274 g/mol. The van der Waals surface area contributed by atoms with Crippen LogP contribution < -0.4 is 0 Å². The van der Waals surface area contributed by atoms with Crippen LogP contribution in [0.25, 0.3) is 0 Å². The molecule has 2 rings (SSSR count). The van der Waals surface area contributed by atoms with Crippen LogP contribution >= 0.6 is 11.6 Å². The van der Waals surface area contributed by atoms with Crippen molar-refractivity contribution in [1.82, 2.24) is 9.88 Å². The molecule has 0 spiro atoms. The molecule has 0 N–H and O–H groups in total. The lowest BCUT2D eigenvalue weighted by Gasteiger charge is -2.18. The summed E-state index contributed by atoms with van der Waals surface area (Å²) in [6, 6.07) is 11.3. The summed E-state index contributed by atoms with van der Waals surface area (Å²) in [7, 11) is 1.78. The third kappa shape index (κ3) is 3.32. The van der Waals surface area contributed by atoms with Crippen molar-refractivity contribution in [3.8, 4) is 0 Å². The molecule has 1 aromatic carbocycles. The summed E-state index contributed by atoms with van der Waals surface area (Å²) < 4.78 is 0. The van der Waals surface area contributed by atoms with E-state index in [4.69, 9.17) is 11.6 Å². The zero-order chi connectivity index (χ0) is 13.8. The van der Waals surface area contributed by atoms with Crippen molar-refractivity contribution in [2.45, 2.75) is 13.5 Å². The number of carbonyl (C=O) groups excluding carboxylic acids is 1. The van der Waals surface area contributed by atoms with Gasteiger partial charge in [0.05, 0.1) is 0 Å². The molecule has 19 heavy (non-hydrogen) atoms. The Morgan fingerprint density at radius 3 is 2.74 bits per heavy atom. The molecule has 0 aliphatic carbocycles. The van der Waals surface area contributed by atoms with E-state index >= 15 is 0 Å². The minimum atomic E-state index is -0.0625. The van der Waals surface area contributed by atoms with Crippen LogP contribution in [-0.2, 0) is 6.54 Å². The molecule has 2 aromatic rings. The average molecular weight is 275 g/mol. The molecule has 0 saturated carbocycles. The van der Waals surface area contributed by atoms with Crippen molar-refractivity contribution in [3.63, 3.8) is 0 Å². The summed E-state index contributed by atoms with van der Waals surface area (Å²) >= 11 is 5.80. The summed E-state index contributed by atoms with van der Waals surface area (Å²) in [5, 5.41) is 0.329. The topological polar surface area (TPSA) is 33.2 Å². The second-order valence-corrected chi connectivity index (χ2v) is 4.84. The number of hydrogen-bond acceptors (Lipinski definition) is 2. The number of aryl methyl sites for hydroxylation is 1.